The highest BCUT2D eigenvalue weighted by atomic mass is 32.1. The summed E-state index contributed by atoms with van der Waals surface area (Å²) in [5.74, 6) is -1.06. The third-order valence-electron chi connectivity index (χ3n) is 5.80. The van der Waals surface area contributed by atoms with E-state index in [0.717, 1.165) is 10.4 Å². The number of nitrogens with zero attached hydrogens (tertiary/aromatic N) is 1. The van der Waals surface area contributed by atoms with Crippen LogP contribution in [-0.4, -0.2) is 21.9 Å². The molecule has 2 N–H and O–H groups in total. The molecule has 0 fully saturated rings. The number of nitrogens with one attached hydrogen (secondary N) is 1. The Balaban J connectivity index is 1.76. The SMILES string of the molecule is Cc1cc(C(=O)N(NC(=O)C(O)(c2ccccc2)c2ccccc2)C(C)c2ccccc2)cs1. The van der Waals surface area contributed by atoms with Crippen LogP contribution in [0.3, 0.4) is 0 Å². The first kappa shape index (κ1) is 23.4. The van der Waals surface area contributed by atoms with Gasteiger partial charge in [-0.3, -0.25) is 15.0 Å². The number of rotatable bonds is 6. The molecule has 34 heavy (non-hydrogen) atoms. The van der Waals surface area contributed by atoms with E-state index in [1.54, 1.807) is 60.0 Å². The summed E-state index contributed by atoms with van der Waals surface area (Å²) >= 11 is 1.47. The molecule has 0 spiro atoms. The van der Waals surface area contributed by atoms with Crippen LogP contribution >= 0.6 is 11.3 Å². The van der Waals surface area contributed by atoms with Crippen molar-refractivity contribution in [2.24, 2.45) is 0 Å². The second-order valence-corrected chi connectivity index (χ2v) is 9.21. The van der Waals surface area contributed by atoms with Gasteiger partial charge in [0.1, 0.15) is 0 Å². The van der Waals surface area contributed by atoms with Gasteiger partial charge in [-0.05, 0) is 36.6 Å². The Morgan fingerprint density at radius 3 is 1.85 bits per heavy atom. The predicted molar refractivity (Wildman–Crippen MR) is 134 cm³/mol. The monoisotopic (exact) mass is 470 g/mol. The molecule has 3 aromatic carbocycles. The first-order valence-electron chi connectivity index (χ1n) is 11.0. The van der Waals surface area contributed by atoms with E-state index in [-0.39, 0.29) is 5.91 Å². The lowest BCUT2D eigenvalue weighted by Gasteiger charge is -2.34. The average molecular weight is 471 g/mol. The van der Waals surface area contributed by atoms with Crippen molar-refractivity contribution < 1.29 is 14.7 Å². The van der Waals surface area contributed by atoms with Crippen LogP contribution in [0.25, 0.3) is 0 Å². The normalized spacial score (nSPS) is 12.1. The number of hydrogen-bond donors (Lipinski definition) is 2. The molecule has 1 unspecified atom stereocenters. The second-order valence-electron chi connectivity index (χ2n) is 8.09. The average Bonchev–Trinajstić information content (AvgIpc) is 3.33. The van der Waals surface area contributed by atoms with Crippen LogP contribution < -0.4 is 5.43 Å². The highest BCUT2D eigenvalue weighted by molar-refractivity contribution is 7.10. The van der Waals surface area contributed by atoms with E-state index in [1.807, 2.05) is 56.3 Å². The summed E-state index contributed by atoms with van der Waals surface area (Å²) in [6.45, 7) is 3.77. The Kier molecular flexibility index (Phi) is 6.91. The molecule has 1 aromatic heterocycles. The zero-order chi connectivity index (χ0) is 24.1. The van der Waals surface area contributed by atoms with Crippen LogP contribution in [0.4, 0.5) is 0 Å². The summed E-state index contributed by atoms with van der Waals surface area (Å²) < 4.78 is 0. The van der Waals surface area contributed by atoms with Crippen molar-refractivity contribution in [3.8, 4) is 0 Å². The molecule has 0 aliphatic rings. The molecule has 0 radical (unpaired) electrons. The molecular formula is C28H26N2O3S. The van der Waals surface area contributed by atoms with E-state index in [1.165, 1.54) is 16.3 Å². The molecule has 172 valence electrons. The summed E-state index contributed by atoms with van der Waals surface area (Å²) in [6.07, 6.45) is 0. The smallest absolute Gasteiger partial charge is 0.279 e. The molecule has 6 heteroatoms. The summed E-state index contributed by atoms with van der Waals surface area (Å²) in [6, 6.07) is 28.3. The number of hydrazine groups is 1. The molecule has 1 atom stereocenters. The Labute approximate surface area is 203 Å². The van der Waals surface area contributed by atoms with E-state index < -0.39 is 17.6 Å². The molecule has 5 nitrogen and oxygen atoms in total. The summed E-state index contributed by atoms with van der Waals surface area (Å²) in [4.78, 5) is 28.3. The van der Waals surface area contributed by atoms with Crippen molar-refractivity contribution in [3.05, 3.63) is 130 Å². The number of amides is 2. The van der Waals surface area contributed by atoms with Crippen molar-refractivity contribution in [1.82, 2.24) is 10.4 Å². The first-order valence-corrected chi connectivity index (χ1v) is 11.9. The van der Waals surface area contributed by atoms with Gasteiger partial charge < -0.3 is 5.11 Å². The molecule has 0 saturated heterocycles. The fraction of sp³-hybridized carbons (Fsp3) is 0.143. The van der Waals surface area contributed by atoms with E-state index in [9.17, 15) is 14.7 Å². The van der Waals surface area contributed by atoms with E-state index in [4.69, 9.17) is 0 Å². The van der Waals surface area contributed by atoms with Gasteiger partial charge in [0.2, 0.25) is 0 Å². The second kappa shape index (κ2) is 10.0. The van der Waals surface area contributed by atoms with Gasteiger partial charge >= 0.3 is 0 Å². The minimum atomic E-state index is -2.00. The maximum Gasteiger partial charge on any atom is 0.279 e. The third kappa shape index (κ3) is 4.64. The van der Waals surface area contributed by atoms with Gasteiger partial charge in [0.25, 0.3) is 11.8 Å². The van der Waals surface area contributed by atoms with Gasteiger partial charge in [-0.15, -0.1) is 11.3 Å². The standard InChI is InChI=1S/C28H26N2O3S/c1-20-18-23(19-34-20)26(31)30(21(2)22-12-6-3-7-13-22)29-27(32)28(33,24-14-8-4-9-15-24)25-16-10-5-11-17-25/h3-19,21,33H,1-2H3,(H,29,32). The minimum Gasteiger partial charge on any atom is -0.372 e. The van der Waals surface area contributed by atoms with E-state index in [2.05, 4.69) is 5.43 Å². The molecule has 0 aliphatic carbocycles. The highest BCUT2D eigenvalue weighted by Crippen LogP contribution is 2.31. The minimum absolute atomic E-state index is 0.350. The molecule has 1 heterocycles. The Morgan fingerprint density at radius 2 is 1.38 bits per heavy atom. The number of thiophene rings is 1. The Bertz CT molecular complexity index is 1220. The Morgan fingerprint density at radius 1 is 0.882 bits per heavy atom. The van der Waals surface area contributed by atoms with Crippen molar-refractivity contribution in [2.45, 2.75) is 25.5 Å². The van der Waals surface area contributed by atoms with Gasteiger partial charge in [-0.1, -0.05) is 91.0 Å². The van der Waals surface area contributed by atoms with Gasteiger partial charge in [-0.2, -0.15) is 0 Å². The molecule has 0 bridgehead atoms. The zero-order valence-corrected chi connectivity index (χ0v) is 19.8. The third-order valence-corrected chi connectivity index (χ3v) is 6.66. The van der Waals surface area contributed by atoms with Crippen LogP contribution in [-0.2, 0) is 10.4 Å². The van der Waals surface area contributed by atoms with Gasteiger partial charge in [0, 0.05) is 10.3 Å². The number of aryl methyl sites for hydroxylation is 1. The number of carbonyl (C=O) groups is 2. The topological polar surface area (TPSA) is 69.6 Å². The van der Waals surface area contributed by atoms with Crippen molar-refractivity contribution in [1.29, 1.82) is 0 Å². The van der Waals surface area contributed by atoms with Crippen molar-refractivity contribution in [2.75, 3.05) is 0 Å². The van der Waals surface area contributed by atoms with Gasteiger partial charge in [-0.25, -0.2) is 5.01 Å². The maximum atomic E-state index is 13.8. The van der Waals surface area contributed by atoms with Gasteiger partial charge in [0.15, 0.2) is 5.60 Å². The lowest BCUT2D eigenvalue weighted by atomic mass is 9.85. The number of benzene rings is 3. The van der Waals surface area contributed by atoms with Crippen molar-refractivity contribution in [3.63, 3.8) is 0 Å². The lowest BCUT2D eigenvalue weighted by Crippen LogP contribution is -2.54. The highest BCUT2D eigenvalue weighted by Gasteiger charge is 2.42. The Hall–Kier alpha value is -3.74. The summed E-state index contributed by atoms with van der Waals surface area (Å²) in [7, 11) is 0. The number of aliphatic hydroxyl groups is 1. The molecule has 2 amide bonds. The quantitative estimate of drug-likeness (QED) is 0.379. The lowest BCUT2D eigenvalue weighted by molar-refractivity contribution is -0.141. The largest absolute Gasteiger partial charge is 0.372 e. The zero-order valence-electron chi connectivity index (χ0n) is 19.0. The fourth-order valence-electron chi connectivity index (χ4n) is 3.88. The van der Waals surface area contributed by atoms with Crippen molar-refractivity contribution >= 4 is 23.2 Å². The first-order chi connectivity index (χ1) is 16.4. The van der Waals surface area contributed by atoms with Crippen LogP contribution in [0.2, 0.25) is 0 Å². The number of hydrogen-bond acceptors (Lipinski definition) is 4. The number of carbonyl (C=O) groups excluding carboxylic acids is 2. The van der Waals surface area contributed by atoms with E-state index >= 15 is 0 Å². The predicted octanol–water partition coefficient (Wildman–Crippen LogP) is 5.23. The molecule has 0 aliphatic heterocycles. The summed E-state index contributed by atoms with van der Waals surface area (Å²) in [5.41, 5.74) is 2.91. The summed E-state index contributed by atoms with van der Waals surface area (Å²) in [5, 5.41) is 14.9. The maximum absolute atomic E-state index is 13.8. The fourth-order valence-corrected chi connectivity index (χ4v) is 4.55. The molecule has 4 aromatic rings. The molecule has 0 saturated carbocycles. The van der Waals surface area contributed by atoms with E-state index in [0.29, 0.717) is 16.7 Å². The van der Waals surface area contributed by atoms with Crippen LogP contribution in [0.1, 0.15) is 44.9 Å². The molecule has 4 rings (SSSR count). The molecular weight excluding hydrogens is 444 g/mol. The van der Waals surface area contributed by atoms with Gasteiger partial charge in [0.05, 0.1) is 11.6 Å². The van der Waals surface area contributed by atoms with Crippen LogP contribution in [0.15, 0.2) is 102 Å². The van der Waals surface area contributed by atoms with Crippen LogP contribution in [0.5, 0.6) is 0 Å². The van der Waals surface area contributed by atoms with Crippen LogP contribution in [0, 0.1) is 6.92 Å².